The van der Waals surface area contributed by atoms with Crippen LogP contribution in [0.3, 0.4) is 0 Å². The zero-order valence-electron chi connectivity index (χ0n) is 17.5. The topological polar surface area (TPSA) is 49.4 Å². The molecule has 0 aliphatic carbocycles. The van der Waals surface area contributed by atoms with Gasteiger partial charge < -0.3 is 5.32 Å². The highest BCUT2D eigenvalue weighted by Crippen LogP contribution is 2.24. The molecule has 2 aromatic rings. The van der Waals surface area contributed by atoms with E-state index < -0.39 is 5.82 Å². The van der Waals surface area contributed by atoms with Gasteiger partial charge in [-0.15, -0.1) is 0 Å². The summed E-state index contributed by atoms with van der Waals surface area (Å²) < 4.78 is 13.1. The van der Waals surface area contributed by atoms with Gasteiger partial charge in [0, 0.05) is 11.5 Å². The van der Waals surface area contributed by atoms with Gasteiger partial charge in [-0.2, -0.15) is 0 Å². The van der Waals surface area contributed by atoms with Crippen LogP contribution in [-0.4, -0.2) is 36.2 Å². The van der Waals surface area contributed by atoms with Crippen LogP contribution in [0.1, 0.15) is 42.6 Å². The second kappa shape index (κ2) is 10.2. The van der Waals surface area contributed by atoms with Gasteiger partial charge in [0.2, 0.25) is 5.91 Å². The number of amides is 1. The summed E-state index contributed by atoms with van der Waals surface area (Å²) in [6, 6.07) is 11.9. The highest BCUT2D eigenvalue weighted by molar-refractivity contribution is 6.33. The number of benzene rings is 2. The van der Waals surface area contributed by atoms with Crippen LogP contribution in [0.25, 0.3) is 0 Å². The lowest BCUT2D eigenvalue weighted by Crippen LogP contribution is -2.40. The molecule has 0 bridgehead atoms. The third kappa shape index (κ3) is 6.13. The molecule has 6 heteroatoms. The zero-order valence-corrected chi connectivity index (χ0v) is 18.2. The molecule has 160 valence electrons. The first-order valence-electron chi connectivity index (χ1n) is 10.4. The fraction of sp³-hybridized carbons (Fsp3) is 0.417. The predicted molar refractivity (Wildman–Crippen MR) is 119 cm³/mol. The second-order valence-corrected chi connectivity index (χ2v) is 8.79. The van der Waals surface area contributed by atoms with Gasteiger partial charge in [0.15, 0.2) is 5.78 Å². The molecule has 1 saturated heterocycles. The van der Waals surface area contributed by atoms with Crippen molar-refractivity contribution < 1.29 is 14.0 Å². The summed E-state index contributed by atoms with van der Waals surface area (Å²) in [5.41, 5.74) is 2.42. The summed E-state index contributed by atoms with van der Waals surface area (Å²) in [5, 5.41) is 2.89. The number of likely N-dealkylation sites (tertiary alicyclic amines) is 1. The Balaban J connectivity index is 1.48. The molecular weight excluding hydrogens is 403 g/mol. The summed E-state index contributed by atoms with van der Waals surface area (Å²) in [4.78, 5) is 27.1. The molecule has 0 aromatic heterocycles. The zero-order chi connectivity index (χ0) is 21.7. The third-order valence-corrected chi connectivity index (χ3v) is 5.73. The molecule has 1 amide bonds. The highest BCUT2D eigenvalue weighted by atomic mass is 35.5. The van der Waals surface area contributed by atoms with Gasteiger partial charge in [-0.05, 0) is 62.0 Å². The smallest absolute Gasteiger partial charge is 0.238 e. The Morgan fingerprint density at radius 3 is 2.40 bits per heavy atom. The molecule has 1 heterocycles. The van der Waals surface area contributed by atoms with Gasteiger partial charge in [0.25, 0.3) is 0 Å². The number of carbonyl (C=O) groups excluding carboxylic acids is 2. The molecule has 0 unspecified atom stereocenters. The van der Waals surface area contributed by atoms with E-state index in [1.54, 1.807) is 0 Å². The summed E-state index contributed by atoms with van der Waals surface area (Å²) >= 11 is 5.96. The standard InChI is InChI=1S/C24H28ClFN2O2/c1-16(2)13-17-3-5-18(6-4-17)24(30)19-9-11-28(12-10-19)15-23(29)27-22-8-7-20(26)14-21(22)25/h3-8,14,16,19H,9-13,15H2,1-2H3,(H,27,29). The summed E-state index contributed by atoms with van der Waals surface area (Å²) in [7, 11) is 0. The molecule has 1 fully saturated rings. The molecule has 0 radical (unpaired) electrons. The van der Waals surface area contributed by atoms with Crippen LogP contribution in [0.5, 0.6) is 0 Å². The van der Waals surface area contributed by atoms with Crippen molar-refractivity contribution in [3.05, 3.63) is 64.4 Å². The van der Waals surface area contributed by atoms with Crippen molar-refractivity contribution in [2.75, 3.05) is 25.0 Å². The Kier molecular flexibility index (Phi) is 7.62. The number of nitrogens with zero attached hydrogens (tertiary/aromatic N) is 1. The van der Waals surface area contributed by atoms with E-state index in [0.29, 0.717) is 24.7 Å². The minimum Gasteiger partial charge on any atom is -0.324 e. The lowest BCUT2D eigenvalue weighted by atomic mass is 9.88. The SMILES string of the molecule is CC(C)Cc1ccc(C(=O)C2CCN(CC(=O)Nc3ccc(F)cc3Cl)CC2)cc1. The second-order valence-electron chi connectivity index (χ2n) is 8.38. The van der Waals surface area contributed by atoms with Crippen molar-refractivity contribution in [2.45, 2.75) is 33.1 Å². The largest absolute Gasteiger partial charge is 0.324 e. The molecule has 30 heavy (non-hydrogen) atoms. The maximum atomic E-state index is 13.1. The number of carbonyl (C=O) groups is 2. The number of piperidine rings is 1. The summed E-state index contributed by atoms with van der Waals surface area (Å²) in [5.74, 6) is 0.126. The fourth-order valence-corrected chi connectivity index (χ4v) is 4.06. The Bertz CT molecular complexity index is 891. The average molecular weight is 431 g/mol. The van der Waals surface area contributed by atoms with Gasteiger partial charge in [-0.25, -0.2) is 4.39 Å². The number of Topliss-reactive ketones (excluding diaryl/α,β-unsaturated/α-hetero) is 1. The molecule has 1 aliphatic rings. The van der Waals surface area contributed by atoms with Crippen molar-refractivity contribution in [3.8, 4) is 0 Å². The van der Waals surface area contributed by atoms with Crippen molar-refractivity contribution in [2.24, 2.45) is 11.8 Å². The number of hydrogen-bond donors (Lipinski definition) is 1. The lowest BCUT2D eigenvalue weighted by molar-refractivity contribution is -0.117. The highest BCUT2D eigenvalue weighted by Gasteiger charge is 2.26. The quantitative estimate of drug-likeness (QED) is 0.613. The van der Waals surface area contributed by atoms with E-state index in [2.05, 4.69) is 19.2 Å². The number of halogens is 2. The normalized spacial score (nSPS) is 15.4. The first kappa shape index (κ1) is 22.4. The Morgan fingerprint density at radius 2 is 1.80 bits per heavy atom. The number of nitrogens with one attached hydrogen (secondary N) is 1. The van der Waals surface area contributed by atoms with Crippen molar-refractivity contribution in [1.82, 2.24) is 4.90 Å². The minimum atomic E-state index is -0.445. The molecule has 0 saturated carbocycles. The van der Waals surface area contributed by atoms with Crippen molar-refractivity contribution in [3.63, 3.8) is 0 Å². The number of ketones is 1. The van der Waals surface area contributed by atoms with E-state index in [1.807, 2.05) is 29.2 Å². The van der Waals surface area contributed by atoms with Crippen LogP contribution in [0.15, 0.2) is 42.5 Å². The molecule has 1 aliphatic heterocycles. The fourth-order valence-electron chi connectivity index (χ4n) is 3.85. The predicted octanol–water partition coefficient (Wildman–Crippen LogP) is 5.21. The summed E-state index contributed by atoms with van der Waals surface area (Å²) in [6.07, 6.45) is 2.48. The molecular formula is C24H28ClFN2O2. The van der Waals surface area contributed by atoms with Crippen LogP contribution >= 0.6 is 11.6 Å². The Morgan fingerprint density at radius 1 is 1.13 bits per heavy atom. The monoisotopic (exact) mass is 430 g/mol. The number of rotatable bonds is 7. The van der Waals surface area contributed by atoms with Gasteiger partial charge in [-0.1, -0.05) is 49.7 Å². The van der Waals surface area contributed by atoms with E-state index >= 15 is 0 Å². The van der Waals surface area contributed by atoms with Crippen LogP contribution in [-0.2, 0) is 11.2 Å². The maximum Gasteiger partial charge on any atom is 0.238 e. The van der Waals surface area contributed by atoms with Crippen LogP contribution in [0, 0.1) is 17.7 Å². The van der Waals surface area contributed by atoms with Crippen LogP contribution in [0.2, 0.25) is 5.02 Å². The summed E-state index contributed by atoms with van der Waals surface area (Å²) in [6.45, 7) is 5.96. The van der Waals surface area contributed by atoms with E-state index in [-0.39, 0.29) is 29.2 Å². The van der Waals surface area contributed by atoms with Gasteiger partial charge in [0.05, 0.1) is 17.3 Å². The molecule has 4 nitrogen and oxygen atoms in total. The van der Waals surface area contributed by atoms with E-state index in [9.17, 15) is 14.0 Å². The average Bonchev–Trinajstić information content (AvgIpc) is 2.70. The molecule has 2 aromatic carbocycles. The number of hydrogen-bond acceptors (Lipinski definition) is 3. The molecule has 3 rings (SSSR count). The van der Waals surface area contributed by atoms with E-state index in [0.717, 1.165) is 24.8 Å². The van der Waals surface area contributed by atoms with Crippen molar-refractivity contribution >= 4 is 29.0 Å². The van der Waals surface area contributed by atoms with E-state index in [1.165, 1.54) is 23.8 Å². The minimum absolute atomic E-state index is 0.00759. The number of anilines is 1. The van der Waals surface area contributed by atoms with Crippen LogP contribution in [0.4, 0.5) is 10.1 Å². The Hall–Kier alpha value is -2.24. The van der Waals surface area contributed by atoms with Crippen LogP contribution < -0.4 is 5.32 Å². The first-order chi connectivity index (χ1) is 14.3. The first-order valence-corrected chi connectivity index (χ1v) is 10.8. The van der Waals surface area contributed by atoms with Gasteiger partial charge in [-0.3, -0.25) is 14.5 Å². The third-order valence-electron chi connectivity index (χ3n) is 5.41. The molecule has 1 N–H and O–H groups in total. The maximum absolute atomic E-state index is 13.1. The Labute approximate surface area is 182 Å². The van der Waals surface area contributed by atoms with Gasteiger partial charge in [0.1, 0.15) is 5.82 Å². The van der Waals surface area contributed by atoms with Gasteiger partial charge >= 0.3 is 0 Å². The lowest BCUT2D eigenvalue weighted by Gasteiger charge is -2.30. The van der Waals surface area contributed by atoms with Crippen molar-refractivity contribution in [1.29, 1.82) is 0 Å². The molecule has 0 atom stereocenters. The molecule has 0 spiro atoms. The van der Waals surface area contributed by atoms with E-state index in [4.69, 9.17) is 11.6 Å².